The average molecular weight is 323 g/mol. The highest BCUT2D eigenvalue weighted by molar-refractivity contribution is 5.79. The predicted molar refractivity (Wildman–Crippen MR) is 90.9 cm³/mol. The molecule has 1 aliphatic heterocycles. The van der Waals surface area contributed by atoms with Crippen LogP contribution in [0.15, 0.2) is 48.8 Å². The van der Waals surface area contributed by atoms with Gasteiger partial charge in [0.2, 0.25) is 11.8 Å². The summed E-state index contributed by atoms with van der Waals surface area (Å²) in [5.74, 6) is 0.181. The summed E-state index contributed by atoms with van der Waals surface area (Å²) in [5.41, 5.74) is 3.04. The molecule has 0 aliphatic carbocycles. The van der Waals surface area contributed by atoms with Crippen molar-refractivity contribution in [1.82, 2.24) is 15.2 Å². The normalized spacial score (nSPS) is 14.0. The molecule has 1 saturated heterocycles. The van der Waals surface area contributed by atoms with Gasteiger partial charge in [0.15, 0.2) is 0 Å². The van der Waals surface area contributed by atoms with Gasteiger partial charge in [0, 0.05) is 38.4 Å². The molecule has 1 aliphatic rings. The Morgan fingerprint density at radius 1 is 1.17 bits per heavy atom. The minimum absolute atomic E-state index is 0.0324. The lowest BCUT2D eigenvalue weighted by molar-refractivity contribution is -0.128. The van der Waals surface area contributed by atoms with Crippen molar-refractivity contribution in [2.75, 3.05) is 6.54 Å². The van der Waals surface area contributed by atoms with Gasteiger partial charge in [-0.2, -0.15) is 0 Å². The van der Waals surface area contributed by atoms with E-state index in [9.17, 15) is 9.59 Å². The lowest BCUT2D eigenvalue weighted by atomic mass is 10.1. The number of aromatic nitrogens is 1. The van der Waals surface area contributed by atoms with E-state index in [4.69, 9.17) is 0 Å². The Morgan fingerprint density at radius 2 is 2.00 bits per heavy atom. The smallest absolute Gasteiger partial charge is 0.224 e. The number of amides is 2. The maximum atomic E-state index is 12.1. The first kappa shape index (κ1) is 16.2. The third kappa shape index (κ3) is 4.19. The molecule has 2 heterocycles. The van der Waals surface area contributed by atoms with Crippen molar-refractivity contribution >= 4 is 11.8 Å². The summed E-state index contributed by atoms with van der Waals surface area (Å²) in [6, 6.07) is 11.7. The number of pyridine rings is 1. The fourth-order valence-electron chi connectivity index (χ4n) is 2.91. The van der Waals surface area contributed by atoms with E-state index in [0.29, 0.717) is 25.9 Å². The second-order valence-corrected chi connectivity index (χ2v) is 6.00. The molecular weight excluding hydrogens is 302 g/mol. The molecule has 2 amide bonds. The Hall–Kier alpha value is -2.69. The van der Waals surface area contributed by atoms with Crippen molar-refractivity contribution < 1.29 is 9.59 Å². The van der Waals surface area contributed by atoms with E-state index in [1.165, 1.54) is 0 Å². The zero-order chi connectivity index (χ0) is 16.8. The van der Waals surface area contributed by atoms with Crippen LogP contribution in [0.5, 0.6) is 0 Å². The van der Waals surface area contributed by atoms with Gasteiger partial charge in [-0.3, -0.25) is 14.6 Å². The lowest BCUT2D eigenvalue weighted by Gasteiger charge is -2.18. The number of carbonyl (C=O) groups is 2. The van der Waals surface area contributed by atoms with Crippen LogP contribution in [0.25, 0.3) is 0 Å². The van der Waals surface area contributed by atoms with Crippen LogP contribution in [0.4, 0.5) is 0 Å². The van der Waals surface area contributed by atoms with Crippen LogP contribution in [-0.4, -0.2) is 28.2 Å². The maximum absolute atomic E-state index is 12.1. The molecule has 0 unspecified atom stereocenters. The van der Waals surface area contributed by atoms with Gasteiger partial charge >= 0.3 is 0 Å². The molecule has 1 aromatic heterocycles. The van der Waals surface area contributed by atoms with Crippen LogP contribution >= 0.6 is 0 Å². The second kappa shape index (κ2) is 7.73. The molecule has 1 aromatic carbocycles. The second-order valence-electron chi connectivity index (χ2n) is 6.00. The van der Waals surface area contributed by atoms with Crippen LogP contribution in [0.2, 0.25) is 0 Å². The summed E-state index contributed by atoms with van der Waals surface area (Å²) in [7, 11) is 0. The highest BCUT2D eigenvalue weighted by Crippen LogP contribution is 2.17. The number of nitrogens with zero attached hydrogens (tertiary/aromatic N) is 2. The number of benzene rings is 1. The van der Waals surface area contributed by atoms with Crippen LogP contribution in [0.3, 0.4) is 0 Å². The first-order chi connectivity index (χ1) is 11.7. The topological polar surface area (TPSA) is 62.3 Å². The first-order valence-electron chi connectivity index (χ1n) is 8.22. The fraction of sp³-hybridized carbons (Fsp3) is 0.316. The predicted octanol–water partition coefficient (Wildman–Crippen LogP) is 2.06. The highest BCUT2D eigenvalue weighted by Gasteiger charge is 2.20. The zero-order valence-corrected chi connectivity index (χ0v) is 13.6. The summed E-state index contributed by atoms with van der Waals surface area (Å²) in [6.45, 7) is 1.91. The van der Waals surface area contributed by atoms with Gasteiger partial charge in [-0.1, -0.05) is 30.3 Å². The number of hydrogen-bond donors (Lipinski definition) is 1. The van der Waals surface area contributed by atoms with E-state index < -0.39 is 0 Å². The molecule has 0 atom stereocenters. The number of hydrogen-bond acceptors (Lipinski definition) is 3. The number of rotatable bonds is 6. The molecule has 0 saturated carbocycles. The number of carbonyl (C=O) groups excluding carboxylic acids is 2. The number of nitrogens with one attached hydrogen (secondary N) is 1. The maximum Gasteiger partial charge on any atom is 0.224 e. The van der Waals surface area contributed by atoms with Gasteiger partial charge in [-0.05, 0) is 29.2 Å². The van der Waals surface area contributed by atoms with E-state index in [2.05, 4.69) is 10.3 Å². The molecule has 0 spiro atoms. The van der Waals surface area contributed by atoms with Gasteiger partial charge in [0.25, 0.3) is 0 Å². The fourth-order valence-corrected chi connectivity index (χ4v) is 2.91. The third-order valence-electron chi connectivity index (χ3n) is 4.21. The Bertz CT molecular complexity index is 716. The van der Waals surface area contributed by atoms with Crippen molar-refractivity contribution in [3.05, 3.63) is 65.5 Å². The summed E-state index contributed by atoms with van der Waals surface area (Å²) in [6.07, 6.45) is 5.29. The quantitative estimate of drug-likeness (QED) is 0.885. The lowest BCUT2D eigenvalue weighted by Crippen LogP contribution is -2.27. The van der Waals surface area contributed by atoms with Gasteiger partial charge < -0.3 is 10.2 Å². The molecule has 1 N–H and O–H groups in total. The van der Waals surface area contributed by atoms with Crippen LogP contribution in [0, 0.1) is 0 Å². The van der Waals surface area contributed by atoms with Crippen LogP contribution in [0.1, 0.15) is 29.5 Å². The standard InChI is InChI=1S/C19H21N3O2/c23-18(11-15-5-3-9-20-12-15)21-13-16-6-1-2-7-17(16)14-22-10-4-8-19(22)24/h1-3,5-7,9,12H,4,8,10-11,13-14H2,(H,21,23). The monoisotopic (exact) mass is 323 g/mol. The minimum atomic E-state index is -0.0324. The molecule has 5 heteroatoms. The van der Waals surface area contributed by atoms with Gasteiger partial charge in [0.05, 0.1) is 6.42 Å². The van der Waals surface area contributed by atoms with E-state index in [1.807, 2.05) is 41.3 Å². The summed E-state index contributed by atoms with van der Waals surface area (Å²) < 4.78 is 0. The molecule has 2 aromatic rings. The van der Waals surface area contributed by atoms with Gasteiger partial charge in [-0.25, -0.2) is 0 Å². The SMILES string of the molecule is O=C(Cc1cccnc1)NCc1ccccc1CN1CCCC1=O. The first-order valence-corrected chi connectivity index (χ1v) is 8.22. The largest absolute Gasteiger partial charge is 0.352 e. The summed E-state index contributed by atoms with van der Waals surface area (Å²) >= 11 is 0. The van der Waals surface area contributed by atoms with E-state index in [0.717, 1.165) is 29.7 Å². The van der Waals surface area contributed by atoms with Crippen molar-refractivity contribution in [3.8, 4) is 0 Å². The Kier molecular flexibility index (Phi) is 5.21. The molecule has 3 rings (SSSR count). The Morgan fingerprint density at radius 3 is 2.71 bits per heavy atom. The van der Waals surface area contributed by atoms with E-state index in [-0.39, 0.29) is 11.8 Å². The average Bonchev–Trinajstić information content (AvgIpc) is 3.00. The van der Waals surface area contributed by atoms with Crippen LogP contribution in [-0.2, 0) is 29.1 Å². The van der Waals surface area contributed by atoms with Crippen molar-refractivity contribution in [1.29, 1.82) is 0 Å². The summed E-state index contributed by atoms with van der Waals surface area (Å²) in [4.78, 5) is 29.8. The molecular formula is C19H21N3O2. The minimum Gasteiger partial charge on any atom is -0.352 e. The van der Waals surface area contributed by atoms with E-state index >= 15 is 0 Å². The number of likely N-dealkylation sites (tertiary alicyclic amines) is 1. The zero-order valence-electron chi connectivity index (χ0n) is 13.6. The molecule has 5 nitrogen and oxygen atoms in total. The third-order valence-corrected chi connectivity index (χ3v) is 4.21. The molecule has 0 bridgehead atoms. The Balaban J connectivity index is 1.58. The van der Waals surface area contributed by atoms with Crippen LogP contribution < -0.4 is 5.32 Å². The van der Waals surface area contributed by atoms with Crippen molar-refractivity contribution in [3.63, 3.8) is 0 Å². The molecule has 24 heavy (non-hydrogen) atoms. The molecule has 0 radical (unpaired) electrons. The molecule has 1 fully saturated rings. The van der Waals surface area contributed by atoms with Crippen molar-refractivity contribution in [2.24, 2.45) is 0 Å². The van der Waals surface area contributed by atoms with E-state index in [1.54, 1.807) is 12.4 Å². The summed E-state index contributed by atoms with van der Waals surface area (Å²) in [5, 5.41) is 2.95. The van der Waals surface area contributed by atoms with Crippen molar-refractivity contribution in [2.45, 2.75) is 32.4 Å². The van der Waals surface area contributed by atoms with Gasteiger partial charge in [0.1, 0.15) is 0 Å². The highest BCUT2D eigenvalue weighted by atomic mass is 16.2. The van der Waals surface area contributed by atoms with Gasteiger partial charge in [-0.15, -0.1) is 0 Å². The Labute approximate surface area is 141 Å². The molecule has 124 valence electrons.